The van der Waals surface area contributed by atoms with E-state index in [-0.39, 0.29) is 10.6 Å². The van der Waals surface area contributed by atoms with Crippen LogP contribution in [0.2, 0.25) is 10.0 Å². The van der Waals surface area contributed by atoms with Crippen LogP contribution in [-0.4, -0.2) is 8.42 Å². The highest BCUT2D eigenvalue weighted by Crippen LogP contribution is 2.36. The predicted octanol–water partition coefficient (Wildman–Crippen LogP) is 3.49. The van der Waals surface area contributed by atoms with Gasteiger partial charge in [-0.05, 0) is 19.1 Å². The molecule has 2 nitrogen and oxygen atoms in total. The largest absolute Gasteiger partial charge is 0.309 e. The van der Waals surface area contributed by atoms with Crippen molar-refractivity contribution in [1.82, 2.24) is 0 Å². The lowest BCUT2D eigenvalue weighted by molar-refractivity contribution is 0.540. The van der Waals surface area contributed by atoms with E-state index in [1.165, 1.54) is 0 Å². The SMILES string of the molecule is CC(c1c(Cl)ccc(F)c1Cl)S(=O)(=O)F. The van der Waals surface area contributed by atoms with Crippen LogP contribution in [0.15, 0.2) is 12.1 Å². The van der Waals surface area contributed by atoms with Crippen LogP contribution >= 0.6 is 23.2 Å². The van der Waals surface area contributed by atoms with Gasteiger partial charge in [-0.1, -0.05) is 23.2 Å². The number of hydrogen-bond donors (Lipinski definition) is 0. The van der Waals surface area contributed by atoms with E-state index in [4.69, 9.17) is 23.2 Å². The zero-order valence-corrected chi connectivity index (χ0v) is 9.80. The maximum absolute atomic E-state index is 13.0. The Balaban J connectivity index is 3.44. The van der Waals surface area contributed by atoms with E-state index < -0.39 is 26.3 Å². The van der Waals surface area contributed by atoms with E-state index in [0.29, 0.717) is 0 Å². The van der Waals surface area contributed by atoms with Gasteiger partial charge in [-0.15, -0.1) is 3.89 Å². The molecule has 0 aromatic heterocycles. The number of rotatable bonds is 2. The number of halogens is 4. The molecule has 0 aliphatic rings. The lowest BCUT2D eigenvalue weighted by Gasteiger charge is -2.11. The van der Waals surface area contributed by atoms with Gasteiger partial charge >= 0.3 is 10.2 Å². The van der Waals surface area contributed by atoms with Crippen molar-refractivity contribution in [2.45, 2.75) is 12.2 Å². The summed E-state index contributed by atoms with van der Waals surface area (Å²) in [5.74, 6) is -0.841. The summed E-state index contributed by atoms with van der Waals surface area (Å²) in [7, 11) is -4.85. The number of benzene rings is 1. The summed E-state index contributed by atoms with van der Waals surface area (Å²) in [6, 6.07) is 2.10. The Bertz CT molecular complexity index is 488. The molecule has 1 unspecified atom stereocenters. The lowest BCUT2D eigenvalue weighted by atomic mass is 10.1. The second kappa shape index (κ2) is 4.23. The molecular formula is C8H6Cl2F2O2S. The quantitative estimate of drug-likeness (QED) is 0.611. The van der Waals surface area contributed by atoms with E-state index in [9.17, 15) is 16.7 Å². The van der Waals surface area contributed by atoms with Crippen molar-refractivity contribution in [2.24, 2.45) is 0 Å². The highest BCUT2D eigenvalue weighted by Gasteiger charge is 2.27. The molecule has 0 heterocycles. The average molecular weight is 275 g/mol. The first kappa shape index (κ1) is 12.7. The third-order valence-corrected chi connectivity index (χ3v) is 3.70. The third-order valence-electron chi connectivity index (χ3n) is 1.91. The van der Waals surface area contributed by atoms with Gasteiger partial charge in [-0.25, -0.2) is 4.39 Å². The van der Waals surface area contributed by atoms with Gasteiger partial charge in [-0.3, -0.25) is 0 Å². The molecule has 1 rings (SSSR count). The van der Waals surface area contributed by atoms with Gasteiger partial charge in [0.05, 0.1) is 5.02 Å². The van der Waals surface area contributed by atoms with E-state index >= 15 is 0 Å². The second-order valence-electron chi connectivity index (χ2n) is 2.87. The van der Waals surface area contributed by atoms with Crippen LogP contribution in [0, 0.1) is 5.82 Å². The Kier molecular flexibility index (Phi) is 3.58. The summed E-state index contributed by atoms with van der Waals surface area (Å²) in [5, 5.41) is -2.15. The number of hydrogen-bond acceptors (Lipinski definition) is 2. The Hall–Kier alpha value is -0.390. The van der Waals surface area contributed by atoms with Crippen molar-refractivity contribution in [3.05, 3.63) is 33.6 Å². The van der Waals surface area contributed by atoms with Crippen LogP contribution in [0.3, 0.4) is 0 Å². The maximum atomic E-state index is 13.0. The van der Waals surface area contributed by atoms with Crippen molar-refractivity contribution in [3.8, 4) is 0 Å². The van der Waals surface area contributed by atoms with Gasteiger partial charge in [0.15, 0.2) is 0 Å². The molecule has 0 aliphatic carbocycles. The molecule has 0 spiro atoms. The zero-order chi connectivity index (χ0) is 11.8. The molecular weight excluding hydrogens is 269 g/mol. The predicted molar refractivity (Wildman–Crippen MR) is 54.9 cm³/mol. The van der Waals surface area contributed by atoms with Crippen LogP contribution in [0.25, 0.3) is 0 Å². The zero-order valence-electron chi connectivity index (χ0n) is 7.47. The molecule has 0 aliphatic heterocycles. The van der Waals surface area contributed by atoms with Crippen molar-refractivity contribution < 1.29 is 16.7 Å². The van der Waals surface area contributed by atoms with Gasteiger partial charge in [0.25, 0.3) is 0 Å². The van der Waals surface area contributed by atoms with Gasteiger partial charge in [0.1, 0.15) is 11.1 Å². The highest BCUT2D eigenvalue weighted by atomic mass is 35.5. The molecule has 1 aromatic carbocycles. The summed E-state index contributed by atoms with van der Waals surface area (Å²) in [6.45, 7) is 1.04. The Morgan fingerprint density at radius 1 is 1.33 bits per heavy atom. The third kappa shape index (κ3) is 2.59. The van der Waals surface area contributed by atoms with E-state index in [1.54, 1.807) is 0 Å². The van der Waals surface area contributed by atoms with Crippen LogP contribution in [0.5, 0.6) is 0 Å². The second-order valence-corrected chi connectivity index (χ2v) is 5.32. The van der Waals surface area contributed by atoms with Crippen molar-refractivity contribution in [3.63, 3.8) is 0 Å². The summed E-state index contributed by atoms with van der Waals surface area (Å²) < 4.78 is 47.0. The van der Waals surface area contributed by atoms with Crippen LogP contribution in [0.4, 0.5) is 8.28 Å². The molecule has 0 N–H and O–H groups in total. The maximum Gasteiger partial charge on any atom is 0.309 e. The monoisotopic (exact) mass is 274 g/mol. The van der Waals surface area contributed by atoms with E-state index in [0.717, 1.165) is 19.1 Å². The van der Waals surface area contributed by atoms with Gasteiger partial charge in [0, 0.05) is 10.6 Å². The van der Waals surface area contributed by atoms with Crippen molar-refractivity contribution in [2.75, 3.05) is 0 Å². The molecule has 0 bridgehead atoms. The van der Waals surface area contributed by atoms with Crippen LogP contribution < -0.4 is 0 Å². The first-order valence-electron chi connectivity index (χ1n) is 3.82. The van der Waals surface area contributed by atoms with Gasteiger partial charge in [-0.2, -0.15) is 8.42 Å². The summed E-state index contributed by atoms with van der Waals surface area (Å²) in [5.41, 5.74) is -0.263. The fourth-order valence-corrected chi connectivity index (χ4v) is 2.41. The average Bonchev–Trinajstić information content (AvgIpc) is 2.10. The molecule has 7 heteroatoms. The Labute approximate surface area is 96.0 Å². The van der Waals surface area contributed by atoms with Crippen LogP contribution in [-0.2, 0) is 10.2 Å². The highest BCUT2D eigenvalue weighted by molar-refractivity contribution is 7.86. The fraction of sp³-hybridized carbons (Fsp3) is 0.250. The topological polar surface area (TPSA) is 34.1 Å². The molecule has 1 atom stereocenters. The summed E-state index contributed by atoms with van der Waals surface area (Å²) in [6.07, 6.45) is 0. The standard InChI is InChI=1S/C8H6Cl2F2O2S/c1-4(15(12,13)14)7-5(9)2-3-6(11)8(7)10/h2-4H,1H3. The molecule has 0 amide bonds. The van der Waals surface area contributed by atoms with Crippen molar-refractivity contribution >= 4 is 33.4 Å². The normalized spacial score (nSPS) is 13.9. The lowest BCUT2D eigenvalue weighted by Crippen LogP contribution is -2.06. The molecule has 15 heavy (non-hydrogen) atoms. The molecule has 0 saturated carbocycles. The minimum Gasteiger partial charge on any atom is -0.205 e. The Morgan fingerprint density at radius 3 is 2.33 bits per heavy atom. The molecule has 0 saturated heterocycles. The summed E-state index contributed by atoms with van der Waals surface area (Å²) in [4.78, 5) is 0. The summed E-state index contributed by atoms with van der Waals surface area (Å²) >= 11 is 11.1. The molecule has 1 aromatic rings. The minimum absolute atomic E-state index is 0.0878. The molecule has 0 fully saturated rings. The first-order valence-corrected chi connectivity index (χ1v) is 6.02. The molecule has 84 valence electrons. The fourth-order valence-electron chi connectivity index (χ4n) is 1.06. The van der Waals surface area contributed by atoms with Crippen LogP contribution in [0.1, 0.15) is 17.7 Å². The van der Waals surface area contributed by atoms with Crippen molar-refractivity contribution in [1.29, 1.82) is 0 Å². The Morgan fingerprint density at radius 2 is 1.87 bits per heavy atom. The van der Waals surface area contributed by atoms with Gasteiger partial charge in [0.2, 0.25) is 0 Å². The van der Waals surface area contributed by atoms with E-state index in [2.05, 4.69) is 0 Å². The van der Waals surface area contributed by atoms with Gasteiger partial charge < -0.3 is 0 Å². The molecule has 0 radical (unpaired) electrons. The smallest absolute Gasteiger partial charge is 0.205 e. The first-order chi connectivity index (χ1) is 6.75. The van der Waals surface area contributed by atoms with E-state index in [1.807, 2.05) is 0 Å². The minimum atomic E-state index is -4.85.